The third-order valence-electron chi connectivity index (χ3n) is 4.73. The molecular formula is C20H21N3O2. The third kappa shape index (κ3) is 3.28. The molecule has 5 nitrogen and oxygen atoms in total. The van der Waals surface area contributed by atoms with Gasteiger partial charge in [0.15, 0.2) is 5.58 Å². The fourth-order valence-corrected chi connectivity index (χ4v) is 3.25. The number of amides is 1. The number of hydrogen-bond acceptors (Lipinski definition) is 4. The van der Waals surface area contributed by atoms with Gasteiger partial charge in [-0.15, -0.1) is 0 Å². The van der Waals surface area contributed by atoms with Gasteiger partial charge in [-0.2, -0.15) is 0 Å². The van der Waals surface area contributed by atoms with E-state index >= 15 is 0 Å². The molecule has 0 atom stereocenters. The molecule has 1 saturated heterocycles. The maximum absolute atomic E-state index is 12.7. The van der Waals surface area contributed by atoms with Gasteiger partial charge in [-0.05, 0) is 57.2 Å². The summed E-state index contributed by atoms with van der Waals surface area (Å²) in [5.41, 5.74) is 2.70. The predicted molar refractivity (Wildman–Crippen MR) is 97.4 cm³/mol. The highest BCUT2D eigenvalue weighted by Crippen LogP contribution is 2.26. The van der Waals surface area contributed by atoms with Crippen LogP contribution in [-0.2, 0) is 0 Å². The Bertz CT molecular complexity index is 880. The second kappa shape index (κ2) is 6.69. The molecule has 25 heavy (non-hydrogen) atoms. The molecule has 2 heterocycles. The molecule has 1 fully saturated rings. The Balaban J connectivity index is 1.61. The minimum absolute atomic E-state index is 0.0871. The van der Waals surface area contributed by atoms with E-state index in [1.807, 2.05) is 42.5 Å². The van der Waals surface area contributed by atoms with E-state index in [-0.39, 0.29) is 11.9 Å². The molecule has 1 aromatic heterocycles. The van der Waals surface area contributed by atoms with Crippen molar-refractivity contribution in [1.29, 1.82) is 0 Å². The molecule has 0 saturated carbocycles. The van der Waals surface area contributed by atoms with Crippen LogP contribution in [0.2, 0.25) is 0 Å². The Morgan fingerprint density at radius 2 is 1.88 bits per heavy atom. The Labute approximate surface area is 146 Å². The van der Waals surface area contributed by atoms with Crippen LogP contribution >= 0.6 is 0 Å². The number of para-hydroxylation sites is 1. The van der Waals surface area contributed by atoms with Crippen LogP contribution in [0.15, 0.2) is 52.9 Å². The van der Waals surface area contributed by atoms with Crippen LogP contribution in [0.5, 0.6) is 0 Å². The van der Waals surface area contributed by atoms with Crippen molar-refractivity contribution in [3.8, 4) is 11.5 Å². The number of benzene rings is 2. The summed E-state index contributed by atoms with van der Waals surface area (Å²) in [7, 11) is 2.11. The fourth-order valence-electron chi connectivity index (χ4n) is 3.25. The van der Waals surface area contributed by atoms with E-state index in [0.717, 1.165) is 31.5 Å². The summed E-state index contributed by atoms with van der Waals surface area (Å²) in [6.07, 6.45) is 1.95. The number of likely N-dealkylation sites (tertiary alicyclic amines) is 1. The molecule has 3 aromatic rings. The average Bonchev–Trinajstić information content (AvgIpc) is 3.08. The summed E-state index contributed by atoms with van der Waals surface area (Å²) < 4.78 is 5.93. The molecule has 1 N–H and O–H groups in total. The molecule has 1 aliphatic rings. The molecule has 0 spiro atoms. The summed E-state index contributed by atoms with van der Waals surface area (Å²) in [5.74, 6) is 0.450. The smallest absolute Gasteiger partial charge is 0.255 e. The third-order valence-corrected chi connectivity index (χ3v) is 4.73. The Morgan fingerprint density at radius 1 is 1.12 bits per heavy atom. The first kappa shape index (κ1) is 15.8. The van der Waals surface area contributed by atoms with Crippen molar-refractivity contribution in [3.05, 3.63) is 54.1 Å². The second-order valence-corrected chi connectivity index (χ2v) is 6.59. The zero-order valence-corrected chi connectivity index (χ0v) is 14.2. The lowest BCUT2D eigenvalue weighted by Crippen LogP contribution is -2.43. The number of nitrogens with one attached hydrogen (secondary N) is 1. The molecule has 0 aliphatic carbocycles. The molecule has 2 aromatic carbocycles. The van der Waals surface area contributed by atoms with Crippen LogP contribution < -0.4 is 5.32 Å². The Hall–Kier alpha value is -2.66. The molecule has 0 bridgehead atoms. The van der Waals surface area contributed by atoms with Crippen molar-refractivity contribution >= 4 is 17.0 Å². The first-order valence-corrected chi connectivity index (χ1v) is 8.65. The predicted octanol–water partition coefficient (Wildman–Crippen LogP) is 3.32. The summed E-state index contributed by atoms with van der Waals surface area (Å²) >= 11 is 0. The number of piperidine rings is 1. The number of rotatable bonds is 3. The lowest BCUT2D eigenvalue weighted by molar-refractivity contribution is 0.0917. The van der Waals surface area contributed by atoms with Crippen LogP contribution in [0.1, 0.15) is 23.2 Å². The SMILES string of the molecule is CN1CCC(NC(=O)c2cccc3nc(-c4ccccc4)oc23)CC1. The maximum atomic E-state index is 12.7. The lowest BCUT2D eigenvalue weighted by Gasteiger charge is -2.29. The van der Waals surface area contributed by atoms with Crippen molar-refractivity contribution in [2.75, 3.05) is 20.1 Å². The number of carbonyl (C=O) groups is 1. The van der Waals surface area contributed by atoms with Crippen molar-refractivity contribution in [3.63, 3.8) is 0 Å². The number of oxazole rings is 1. The van der Waals surface area contributed by atoms with Gasteiger partial charge in [0, 0.05) is 11.6 Å². The first-order valence-electron chi connectivity index (χ1n) is 8.65. The number of hydrogen-bond donors (Lipinski definition) is 1. The van der Waals surface area contributed by atoms with E-state index in [1.165, 1.54) is 0 Å². The van der Waals surface area contributed by atoms with Gasteiger partial charge in [-0.25, -0.2) is 4.98 Å². The number of nitrogens with zero attached hydrogens (tertiary/aromatic N) is 2. The normalized spacial score (nSPS) is 16.2. The van der Waals surface area contributed by atoms with E-state index in [2.05, 4.69) is 22.2 Å². The summed E-state index contributed by atoms with van der Waals surface area (Å²) in [4.78, 5) is 19.6. The zero-order valence-electron chi connectivity index (χ0n) is 14.2. The number of carbonyl (C=O) groups excluding carboxylic acids is 1. The monoisotopic (exact) mass is 335 g/mol. The van der Waals surface area contributed by atoms with Crippen molar-refractivity contribution in [2.45, 2.75) is 18.9 Å². The molecule has 5 heteroatoms. The largest absolute Gasteiger partial charge is 0.435 e. The molecule has 1 aliphatic heterocycles. The van der Waals surface area contributed by atoms with Gasteiger partial charge in [-0.1, -0.05) is 24.3 Å². The van der Waals surface area contributed by atoms with E-state index in [4.69, 9.17) is 4.42 Å². The highest BCUT2D eigenvalue weighted by atomic mass is 16.3. The van der Waals surface area contributed by atoms with Crippen LogP contribution in [0.4, 0.5) is 0 Å². The van der Waals surface area contributed by atoms with Crippen molar-refractivity contribution < 1.29 is 9.21 Å². The molecule has 1 amide bonds. The van der Waals surface area contributed by atoms with E-state index < -0.39 is 0 Å². The summed E-state index contributed by atoms with van der Waals surface area (Å²) in [6.45, 7) is 2.02. The van der Waals surface area contributed by atoms with Crippen LogP contribution in [0.3, 0.4) is 0 Å². The standard InChI is InChI=1S/C20H21N3O2/c1-23-12-10-15(11-13-23)21-19(24)16-8-5-9-17-18(16)25-20(22-17)14-6-3-2-4-7-14/h2-9,15H,10-13H2,1H3,(H,21,24). The Kier molecular flexibility index (Phi) is 4.24. The van der Waals surface area contributed by atoms with Gasteiger partial charge < -0.3 is 14.6 Å². The van der Waals surface area contributed by atoms with E-state index in [1.54, 1.807) is 6.07 Å². The van der Waals surface area contributed by atoms with Crippen molar-refractivity contribution in [1.82, 2.24) is 15.2 Å². The lowest BCUT2D eigenvalue weighted by atomic mass is 10.0. The zero-order chi connectivity index (χ0) is 17.2. The van der Waals surface area contributed by atoms with Gasteiger partial charge in [0.25, 0.3) is 5.91 Å². The highest BCUT2D eigenvalue weighted by molar-refractivity contribution is 6.04. The number of aromatic nitrogens is 1. The fraction of sp³-hybridized carbons (Fsp3) is 0.300. The minimum Gasteiger partial charge on any atom is -0.435 e. The van der Waals surface area contributed by atoms with Crippen LogP contribution in [-0.4, -0.2) is 42.0 Å². The Morgan fingerprint density at radius 3 is 2.64 bits per heavy atom. The minimum atomic E-state index is -0.0871. The summed E-state index contributed by atoms with van der Waals surface area (Å²) in [5, 5.41) is 3.14. The molecule has 0 unspecified atom stereocenters. The topological polar surface area (TPSA) is 58.4 Å². The van der Waals surface area contributed by atoms with Crippen molar-refractivity contribution in [2.24, 2.45) is 0 Å². The molecule has 0 radical (unpaired) electrons. The van der Waals surface area contributed by atoms with Gasteiger partial charge in [0.1, 0.15) is 5.52 Å². The van der Waals surface area contributed by atoms with Crippen LogP contribution in [0.25, 0.3) is 22.6 Å². The van der Waals surface area contributed by atoms with Gasteiger partial charge in [-0.3, -0.25) is 4.79 Å². The van der Waals surface area contributed by atoms with E-state index in [0.29, 0.717) is 22.6 Å². The molecule has 128 valence electrons. The quantitative estimate of drug-likeness (QED) is 0.798. The first-order chi connectivity index (χ1) is 12.2. The van der Waals surface area contributed by atoms with Gasteiger partial charge >= 0.3 is 0 Å². The van der Waals surface area contributed by atoms with Gasteiger partial charge in [0.05, 0.1) is 5.56 Å². The summed E-state index contributed by atoms with van der Waals surface area (Å²) in [6, 6.07) is 15.5. The average molecular weight is 335 g/mol. The van der Waals surface area contributed by atoms with Crippen LogP contribution in [0, 0.1) is 0 Å². The van der Waals surface area contributed by atoms with Gasteiger partial charge in [0.2, 0.25) is 5.89 Å². The van der Waals surface area contributed by atoms with E-state index in [9.17, 15) is 4.79 Å². The maximum Gasteiger partial charge on any atom is 0.255 e. The number of fused-ring (bicyclic) bond motifs is 1. The molecule has 4 rings (SSSR count). The second-order valence-electron chi connectivity index (χ2n) is 6.59. The molecular weight excluding hydrogens is 314 g/mol. The highest BCUT2D eigenvalue weighted by Gasteiger charge is 2.21.